The first-order valence-corrected chi connectivity index (χ1v) is 6.13. The molecule has 0 bridgehead atoms. The monoisotopic (exact) mass is 392 g/mol. The van der Waals surface area contributed by atoms with Gasteiger partial charge in [-0.05, 0) is 47.7 Å². The average Bonchev–Trinajstić information content (AvgIpc) is 2.21. The van der Waals surface area contributed by atoms with Crippen LogP contribution in [0, 0.1) is 3.57 Å². The smallest absolute Gasteiger partial charge is 0.323 e. The van der Waals surface area contributed by atoms with Gasteiger partial charge in [-0.15, -0.1) is 0 Å². The van der Waals surface area contributed by atoms with Crippen LogP contribution < -0.4 is 11.1 Å². The molecule has 3 nitrogen and oxygen atoms in total. The third kappa shape index (κ3) is 3.27. The molecule has 1 amide bonds. The highest BCUT2D eigenvalue weighted by atomic mass is 127. The molecule has 1 unspecified atom stereocenters. The molecule has 0 radical (unpaired) electrons. The van der Waals surface area contributed by atoms with Gasteiger partial charge in [0.1, 0.15) is 0 Å². The summed E-state index contributed by atoms with van der Waals surface area (Å²) in [5.74, 6) is -1.36. The number of benzene rings is 1. The molecule has 1 rings (SSSR count). The summed E-state index contributed by atoms with van der Waals surface area (Å²) in [4.78, 5) is 11.5. The topological polar surface area (TPSA) is 55.1 Å². The average molecular weight is 393 g/mol. The van der Waals surface area contributed by atoms with Gasteiger partial charge in [0.25, 0.3) is 5.91 Å². The second kappa shape index (κ2) is 5.22. The van der Waals surface area contributed by atoms with E-state index in [2.05, 4.69) is 5.32 Å². The van der Waals surface area contributed by atoms with E-state index in [9.17, 15) is 18.0 Å². The number of rotatable bonds is 2. The van der Waals surface area contributed by atoms with Crippen LogP contribution in [0.15, 0.2) is 18.2 Å². The van der Waals surface area contributed by atoms with Crippen molar-refractivity contribution in [2.75, 3.05) is 5.32 Å². The molecule has 1 aromatic rings. The molecular formula is C10H9ClF3IN2O. The number of hydrogen-bond donors (Lipinski definition) is 2. The Morgan fingerprint density at radius 3 is 2.50 bits per heavy atom. The predicted molar refractivity (Wildman–Crippen MR) is 71.4 cm³/mol. The number of carbonyl (C=O) groups is 1. The summed E-state index contributed by atoms with van der Waals surface area (Å²) in [7, 11) is 0. The predicted octanol–water partition coefficient (Wildman–Crippen LogP) is 3.16. The van der Waals surface area contributed by atoms with E-state index < -0.39 is 17.6 Å². The van der Waals surface area contributed by atoms with Gasteiger partial charge in [-0.1, -0.05) is 11.6 Å². The lowest BCUT2D eigenvalue weighted by atomic mass is 10.0. The minimum Gasteiger partial charge on any atom is -0.323 e. The van der Waals surface area contributed by atoms with E-state index in [0.29, 0.717) is 6.92 Å². The summed E-state index contributed by atoms with van der Waals surface area (Å²) in [5, 5.41) is 2.22. The van der Waals surface area contributed by atoms with Gasteiger partial charge in [-0.2, -0.15) is 13.2 Å². The lowest BCUT2D eigenvalue weighted by Gasteiger charge is -2.26. The highest BCUT2D eigenvalue weighted by Gasteiger charge is 2.54. The number of hydrogen-bond acceptors (Lipinski definition) is 2. The van der Waals surface area contributed by atoms with E-state index in [-0.39, 0.29) is 10.7 Å². The molecule has 8 heteroatoms. The Hall–Kier alpha value is -0.540. The van der Waals surface area contributed by atoms with Crippen molar-refractivity contribution in [2.24, 2.45) is 5.73 Å². The molecule has 0 spiro atoms. The summed E-state index contributed by atoms with van der Waals surface area (Å²) in [6, 6.07) is 4.58. The molecule has 0 fully saturated rings. The van der Waals surface area contributed by atoms with Crippen LogP contribution in [0.4, 0.5) is 18.9 Å². The van der Waals surface area contributed by atoms with E-state index >= 15 is 0 Å². The lowest BCUT2D eigenvalue weighted by Crippen LogP contribution is -2.59. The molecule has 0 aliphatic heterocycles. The van der Waals surface area contributed by atoms with Crippen LogP contribution in [0.2, 0.25) is 5.02 Å². The van der Waals surface area contributed by atoms with Crippen LogP contribution >= 0.6 is 34.2 Å². The third-order valence-electron chi connectivity index (χ3n) is 2.24. The summed E-state index contributed by atoms with van der Waals surface area (Å²) >= 11 is 7.71. The van der Waals surface area contributed by atoms with E-state index in [1.807, 2.05) is 22.6 Å². The Morgan fingerprint density at radius 2 is 2.00 bits per heavy atom. The van der Waals surface area contributed by atoms with Crippen molar-refractivity contribution in [3.63, 3.8) is 0 Å². The summed E-state index contributed by atoms with van der Waals surface area (Å²) < 4.78 is 38.4. The summed E-state index contributed by atoms with van der Waals surface area (Å²) in [6.45, 7) is 0.601. The SMILES string of the molecule is CC(N)(C(=O)Nc1cc(I)ccc1Cl)C(F)(F)F. The van der Waals surface area contributed by atoms with Gasteiger partial charge in [0.05, 0.1) is 10.7 Å². The van der Waals surface area contributed by atoms with Crippen molar-refractivity contribution in [3.05, 3.63) is 26.8 Å². The van der Waals surface area contributed by atoms with Crippen LogP contribution in [-0.4, -0.2) is 17.6 Å². The molecule has 0 aromatic heterocycles. The first kappa shape index (κ1) is 15.5. The molecule has 0 aliphatic rings. The zero-order valence-corrected chi connectivity index (χ0v) is 12.0. The van der Waals surface area contributed by atoms with Crippen molar-refractivity contribution >= 4 is 45.8 Å². The van der Waals surface area contributed by atoms with Crippen molar-refractivity contribution in [1.82, 2.24) is 0 Å². The van der Waals surface area contributed by atoms with Gasteiger partial charge in [0, 0.05) is 3.57 Å². The summed E-state index contributed by atoms with van der Waals surface area (Å²) in [5.41, 5.74) is 2.11. The number of alkyl halides is 3. The van der Waals surface area contributed by atoms with Crippen LogP contribution in [0.5, 0.6) is 0 Å². The van der Waals surface area contributed by atoms with Crippen molar-refractivity contribution in [2.45, 2.75) is 18.6 Å². The first-order valence-electron chi connectivity index (χ1n) is 4.68. The maximum absolute atomic E-state index is 12.5. The second-order valence-corrected chi connectivity index (χ2v) is 5.43. The highest BCUT2D eigenvalue weighted by Crippen LogP contribution is 2.30. The maximum atomic E-state index is 12.5. The maximum Gasteiger partial charge on any atom is 0.415 e. The lowest BCUT2D eigenvalue weighted by molar-refractivity contribution is -0.184. The molecular weight excluding hydrogens is 383 g/mol. The third-order valence-corrected chi connectivity index (χ3v) is 3.24. The van der Waals surface area contributed by atoms with Crippen LogP contribution in [0.25, 0.3) is 0 Å². The van der Waals surface area contributed by atoms with Crippen molar-refractivity contribution in [1.29, 1.82) is 0 Å². The van der Waals surface area contributed by atoms with Crippen LogP contribution in [-0.2, 0) is 4.79 Å². The fraction of sp³-hybridized carbons (Fsp3) is 0.300. The molecule has 0 saturated carbocycles. The van der Waals surface area contributed by atoms with E-state index in [4.69, 9.17) is 17.3 Å². The minimum absolute atomic E-state index is 0.0921. The molecule has 1 aromatic carbocycles. The fourth-order valence-electron chi connectivity index (χ4n) is 0.974. The van der Waals surface area contributed by atoms with Gasteiger partial charge >= 0.3 is 6.18 Å². The molecule has 0 heterocycles. The van der Waals surface area contributed by atoms with Crippen LogP contribution in [0.3, 0.4) is 0 Å². The van der Waals surface area contributed by atoms with Crippen molar-refractivity contribution < 1.29 is 18.0 Å². The number of amides is 1. The Morgan fingerprint density at radius 1 is 1.44 bits per heavy atom. The van der Waals surface area contributed by atoms with Gasteiger partial charge in [0.15, 0.2) is 5.54 Å². The Bertz CT molecular complexity index is 477. The molecule has 0 aliphatic carbocycles. The minimum atomic E-state index is -4.84. The number of nitrogens with two attached hydrogens (primary N) is 1. The Balaban J connectivity index is 2.98. The molecule has 100 valence electrons. The number of halogens is 5. The quantitative estimate of drug-likeness (QED) is 0.760. The van der Waals surface area contributed by atoms with E-state index in [0.717, 1.165) is 3.57 Å². The normalized spacial score (nSPS) is 15.1. The van der Waals surface area contributed by atoms with Crippen LogP contribution in [0.1, 0.15) is 6.92 Å². The molecule has 0 saturated heterocycles. The van der Waals surface area contributed by atoms with Gasteiger partial charge in [0.2, 0.25) is 0 Å². The fourth-order valence-corrected chi connectivity index (χ4v) is 1.63. The van der Waals surface area contributed by atoms with Gasteiger partial charge in [-0.3, -0.25) is 4.79 Å². The largest absolute Gasteiger partial charge is 0.415 e. The Kier molecular flexibility index (Phi) is 4.50. The zero-order chi connectivity index (χ0) is 14.1. The van der Waals surface area contributed by atoms with E-state index in [1.165, 1.54) is 12.1 Å². The highest BCUT2D eigenvalue weighted by molar-refractivity contribution is 14.1. The van der Waals surface area contributed by atoms with Crippen molar-refractivity contribution in [3.8, 4) is 0 Å². The first-order chi connectivity index (χ1) is 8.05. The molecule has 3 N–H and O–H groups in total. The van der Waals surface area contributed by atoms with Gasteiger partial charge < -0.3 is 11.1 Å². The Labute approximate surface area is 120 Å². The second-order valence-electron chi connectivity index (χ2n) is 3.78. The number of nitrogens with one attached hydrogen (secondary N) is 1. The number of anilines is 1. The molecule has 18 heavy (non-hydrogen) atoms. The van der Waals surface area contributed by atoms with Gasteiger partial charge in [-0.25, -0.2) is 0 Å². The number of carbonyl (C=O) groups excluding carboxylic acids is 1. The van der Waals surface area contributed by atoms with E-state index in [1.54, 1.807) is 6.07 Å². The standard InChI is InChI=1S/C10H9ClF3IN2O/c1-9(16,10(12,13)14)8(18)17-7-4-5(15)2-3-6(7)11/h2-4H,16H2,1H3,(H,17,18). The zero-order valence-electron chi connectivity index (χ0n) is 9.11. The summed E-state index contributed by atoms with van der Waals surface area (Å²) in [6.07, 6.45) is -4.84. The molecule has 1 atom stereocenters.